The minimum atomic E-state index is -0.764. The summed E-state index contributed by atoms with van der Waals surface area (Å²) in [6.07, 6.45) is 0.928. The van der Waals surface area contributed by atoms with Crippen LogP contribution in [0.15, 0.2) is 77.9 Å². The van der Waals surface area contributed by atoms with Crippen molar-refractivity contribution < 1.29 is 13.6 Å². The summed E-state index contributed by atoms with van der Waals surface area (Å²) >= 11 is 0. The van der Waals surface area contributed by atoms with Crippen molar-refractivity contribution >= 4 is 12.1 Å². The summed E-state index contributed by atoms with van der Waals surface area (Å²) in [6, 6.07) is 19.7. The number of hydrogen-bond donors (Lipinski definition) is 1. The van der Waals surface area contributed by atoms with Crippen molar-refractivity contribution in [1.29, 1.82) is 0 Å². The second-order valence-electron chi connectivity index (χ2n) is 6.54. The molecule has 0 radical (unpaired) electrons. The zero-order chi connectivity index (χ0) is 21.6. The lowest BCUT2D eigenvalue weighted by molar-refractivity contribution is 0.0955. The fraction of sp³-hybridized carbons (Fsp3) is 0.0455. The monoisotopic (exact) mass is 418 g/mol. The molecule has 9 heteroatoms. The van der Waals surface area contributed by atoms with Gasteiger partial charge in [-0.3, -0.25) is 4.79 Å². The van der Waals surface area contributed by atoms with Gasteiger partial charge >= 0.3 is 0 Å². The summed E-state index contributed by atoms with van der Waals surface area (Å²) in [5.74, 6) is -1.51. The first-order chi connectivity index (χ1) is 15.1. The van der Waals surface area contributed by atoms with E-state index in [9.17, 15) is 13.6 Å². The van der Waals surface area contributed by atoms with E-state index in [0.29, 0.717) is 17.9 Å². The molecule has 0 spiro atoms. The van der Waals surface area contributed by atoms with Crippen molar-refractivity contribution in [2.24, 2.45) is 5.10 Å². The molecule has 154 valence electrons. The van der Waals surface area contributed by atoms with Crippen molar-refractivity contribution in [3.05, 3.63) is 101 Å². The molecule has 0 saturated heterocycles. The first-order valence-corrected chi connectivity index (χ1v) is 9.30. The Hall–Kier alpha value is -4.27. The Kier molecular flexibility index (Phi) is 5.84. The molecule has 0 aliphatic heterocycles. The predicted octanol–water partition coefficient (Wildman–Crippen LogP) is 3.43. The third kappa shape index (κ3) is 4.84. The zero-order valence-electron chi connectivity index (χ0n) is 16.1. The maximum Gasteiger partial charge on any atom is 0.271 e. The average Bonchev–Trinajstić information content (AvgIpc) is 3.25. The molecular weight excluding hydrogens is 402 g/mol. The molecule has 0 aliphatic carbocycles. The van der Waals surface area contributed by atoms with E-state index in [4.69, 9.17) is 0 Å². The van der Waals surface area contributed by atoms with Crippen LogP contribution in [-0.4, -0.2) is 32.3 Å². The lowest BCUT2D eigenvalue weighted by Crippen LogP contribution is -2.18. The molecule has 1 aromatic heterocycles. The number of carbonyl (C=O) groups excluding carboxylic acids is 1. The van der Waals surface area contributed by atoms with Crippen LogP contribution in [0, 0.1) is 11.6 Å². The van der Waals surface area contributed by atoms with Crippen LogP contribution in [0.1, 0.15) is 21.5 Å². The van der Waals surface area contributed by atoms with Gasteiger partial charge in [-0.25, -0.2) is 14.2 Å². The lowest BCUT2D eigenvalue weighted by Gasteiger charge is -2.03. The maximum atomic E-state index is 13.6. The van der Waals surface area contributed by atoms with Crippen LogP contribution in [-0.2, 0) is 6.54 Å². The van der Waals surface area contributed by atoms with Gasteiger partial charge in [0, 0.05) is 11.1 Å². The van der Waals surface area contributed by atoms with E-state index in [1.54, 1.807) is 24.3 Å². The fourth-order valence-corrected chi connectivity index (χ4v) is 2.79. The Morgan fingerprint density at radius 3 is 2.39 bits per heavy atom. The van der Waals surface area contributed by atoms with Gasteiger partial charge < -0.3 is 0 Å². The third-order valence-electron chi connectivity index (χ3n) is 4.38. The summed E-state index contributed by atoms with van der Waals surface area (Å²) in [5.41, 5.74) is 4.00. The Labute approximate surface area is 176 Å². The zero-order valence-corrected chi connectivity index (χ0v) is 16.1. The topological polar surface area (TPSA) is 85.1 Å². The first-order valence-electron chi connectivity index (χ1n) is 9.30. The van der Waals surface area contributed by atoms with Gasteiger partial charge in [0.15, 0.2) is 0 Å². The van der Waals surface area contributed by atoms with Crippen molar-refractivity contribution in [1.82, 2.24) is 25.6 Å². The molecule has 0 atom stereocenters. The van der Waals surface area contributed by atoms with Crippen molar-refractivity contribution in [3.8, 4) is 11.4 Å². The largest absolute Gasteiger partial charge is 0.271 e. The molecule has 1 amide bonds. The summed E-state index contributed by atoms with van der Waals surface area (Å²) in [5, 5.41) is 16.1. The summed E-state index contributed by atoms with van der Waals surface area (Å²) in [6.45, 7) is 0.381. The molecule has 0 saturated carbocycles. The van der Waals surface area contributed by atoms with E-state index in [-0.39, 0.29) is 5.56 Å². The molecule has 31 heavy (non-hydrogen) atoms. The molecular formula is C22H16F2N6O. The minimum absolute atomic E-state index is 0.326. The van der Waals surface area contributed by atoms with Gasteiger partial charge in [0.05, 0.1) is 18.3 Å². The van der Waals surface area contributed by atoms with E-state index in [2.05, 4.69) is 25.9 Å². The number of halogens is 2. The van der Waals surface area contributed by atoms with Gasteiger partial charge in [-0.05, 0) is 35.0 Å². The quantitative estimate of drug-likeness (QED) is 0.384. The Balaban J connectivity index is 1.37. The van der Waals surface area contributed by atoms with Crippen LogP contribution in [0.25, 0.3) is 11.4 Å². The number of aromatic nitrogens is 4. The number of amides is 1. The van der Waals surface area contributed by atoms with E-state index in [1.165, 1.54) is 10.9 Å². The van der Waals surface area contributed by atoms with Crippen LogP contribution < -0.4 is 5.43 Å². The molecule has 7 nitrogen and oxygen atoms in total. The molecule has 0 aliphatic rings. The number of tetrazole rings is 1. The number of rotatable bonds is 6. The van der Waals surface area contributed by atoms with Gasteiger partial charge in [0.25, 0.3) is 5.91 Å². The third-order valence-corrected chi connectivity index (χ3v) is 4.38. The van der Waals surface area contributed by atoms with Gasteiger partial charge in [-0.1, -0.05) is 48.5 Å². The number of hydrazone groups is 1. The first kappa shape index (κ1) is 20.0. The van der Waals surface area contributed by atoms with Crippen molar-refractivity contribution in [3.63, 3.8) is 0 Å². The number of carbonyl (C=O) groups is 1. The van der Waals surface area contributed by atoms with E-state index in [1.807, 2.05) is 30.3 Å². The van der Waals surface area contributed by atoms with Crippen molar-refractivity contribution in [2.75, 3.05) is 0 Å². The predicted molar refractivity (Wildman–Crippen MR) is 110 cm³/mol. The molecule has 0 bridgehead atoms. The Morgan fingerprint density at radius 1 is 0.968 bits per heavy atom. The maximum absolute atomic E-state index is 13.6. The molecule has 4 rings (SSSR count). The highest BCUT2D eigenvalue weighted by atomic mass is 19.1. The molecule has 0 fully saturated rings. The second-order valence-corrected chi connectivity index (χ2v) is 6.54. The van der Waals surface area contributed by atoms with Crippen LogP contribution in [0.5, 0.6) is 0 Å². The molecule has 1 N–H and O–H groups in total. The SMILES string of the molecule is O=C(N/N=C/c1c(F)cccc1F)c1ccc(Cn2nnc(-c3ccccc3)n2)cc1. The van der Waals surface area contributed by atoms with Crippen LogP contribution in [0.2, 0.25) is 0 Å². The fourth-order valence-electron chi connectivity index (χ4n) is 2.79. The summed E-state index contributed by atoms with van der Waals surface area (Å²) < 4.78 is 27.1. The van der Waals surface area contributed by atoms with Gasteiger partial charge in [0.2, 0.25) is 5.82 Å². The lowest BCUT2D eigenvalue weighted by atomic mass is 10.1. The van der Waals surface area contributed by atoms with Crippen LogP contribution in [0.4, 0.5) is 8.78 Å². The van der Waals surface area contributed by atoms with E-state index < -0.39 is 17.5 Å². The molecule has 1 heterocycles. The summed E-state index contributed by atoms with van der Waals surface area (Å²) in [7, 11) is 0. The minimum Gasteiger partial charge on any atom is -0.267 e. The highest BCUT2D eigenvalue weighted by molar-refractivity contribution is 5.94. The molecule has 3 aromatic carbocycles. The van der Waals surface area contributed by atoms with Crippen LogP contribution in [0.3, 0.4) is 0 Å². The number of benzene rings is 3. The van der Waals surface area contributed by atoms with E-state index >= 15 is 0 Å². The summed E-state index contributed by atoms with van der Waals surface area (Å²) in [4.78, 5) is 13.6. The van der Waals surface area contributed by atoms with Gasteiger partial charge in [-0.2, -0.15) is 9.90 Å². The number of nitrogens with zero attached hydrogens (tertiary/aromatic N) is 5. The van der Waals surface area contributed by atoms with Crippen molar-refractivity contribution in [2.45, 2.75) is 6.54 Å². The standard InChI is InChI=1S/C22H16F2N6O/c23-19-7-4-8-20(24)18(19)13-25-27-22(31)17-11-9-15(10-12-17)14-30-28-21(26-29-30)16-5-2-1-3-6-16/h1-13H,14H2,(H,27,31)/b25-13+. The normalized spacial score (nSPS) is 11.0. The van der Waals surface area contributed by atoms with Gasteiger partial charge in [0.1, 0.15) is 11.6 Å². The van der Waals surface area contributed by atoms with Gasteiger partial charge in [-0.15, -0.1) is 10.2 Å². The highest BCUT2D eigenvalue weighted by Crippen LogP contribution is 2.13. The Bertz CT molecular complexity index is 1200. The number of nitrogens with one attached hydrogen (secondary N) is 1. The Morgan fingerprint density at radius 2 is 1.68 bits per heavy atom. The molecule has 4 aromatic rings. The average molecular weight is 418 g/mol. The second kappa shape index (κ2) is 9.04. The molecule has 0 unspecified atom stereocenters. The van der Waals surface area contributed by atoms with Crippen LogP contribution >= 0.6 is 0 Å². The van der Waals surface area contributed by atoms with E-state index in [0.717, 1.165) is 29.5 Å². The highest BCUT2D eigenvalue weighted by Gasteiger charge is 2.09. The number of hydrogen-bond acceptors (Lipinski definition) is 5. The smallest absolute Gasteiger partial charge is 0.267 e.